The number of rotatable bonds is 6. The normalized spacial score (nSPS) is 32.6. The van der Waals surface area contributed by atoms with E-state index in [-0.39, 0.29) is 11.6 Å². The number of nitrogens with zero attached hydrogens (tertiary/aromatic N) is 5. The largest absolute Gasteiger partial charge is 0.431 e. The van der Waals surface area contributed by atoms with Crippen molar-refractivity contribution >= 4 is 11.8 Å². The lowest BCUT2D eigenvalue weighted by molar-refractivity contribution is -0.0610. The lowest BCUT2D eigenvalue weighted by Gasteiger charge is -2.35. The first kappa shape index (κ1) is 19.8. The number of hydrogen-bond donors (Lipinski definition) is 1. The molecule has 4 saturated heterocycles. The molecule has 6 aliphatic rings. The molecule has 2 N–H and O–H groups in total. The zero-order chi connectivity index (χ0) is 22.3. The molecule has 0 aromatic carbocycles. The monoisotopic (exact) mass is 456 g/mol. The van der Waals surface area contributed by atoms with Crippen LogP contribution < -0.4 is 15.4 Å². The molecule has 8 nitrogen and oxygen atoms in total. The predicted octanol–water partition coefficient (Wildman–Crippen LogP) is 2.36. The zero-order valence-corrected chi connectivity index (χ0v) is 18.1. The molecule has 6 heterocycles. The van der Waals surface area contributed by atoms with Gasteiger partial charge < -0.3 is 20.1 Å². The Bertz CT molecular complexity index is 1080. The summed E-state index contributed by atoms with van der Waals surface area (Å²) in [4.78, 5) is 18.8. The summed E-state index contributed by atoms with van der Waals surface area (Å²) in [6.45, 7) is 1.88. The van der Waals surface area contributed by atoms with Crippen molar-refractivity contribution < 1.29 is 18.3 Å². The summed E-state index contributed by atoms with van der Waals surface area (Å²) in [5, 5.41) is 0. The van der Waals surface area contributed by atoms with Crippen LogP contribution in [0.25, 0.3) is 11.3 Å². The Morgan fingerprint density at radius 1 is 1.06 bits per heavy atom. The Hall–Kier alpha value is -2.59. The zero-order valence-electron chi connectivity index (χ0n) is 18.1. The first-order valence-corrected chi connectivity index (χ1v) is 11.7. The van der Waals surface area contributed by atoms with E-state index in [2.05, 4.69) is 19.5 Å². The molecular weight excluding hydrogens is 430 g/mol. The average Bonchev–Trinajstić information content (AvgIpc) is 3.12. The number of piperidine rings is 1. The third-order valence-corrected chi connectivity index (χ3v) is 8.19. The van der Waals surface area contributed by atoms with Crippen LogP contribution >= 0.6 is 0 Å². The Morgan fingerprint density at radius 3 is 2.48 bits per heavy atom. The number of fused-ring (bicyclic) bond motifs is 2. The minimum absolute atomic E-state index is 0.0642. The third kappa shape index (κ3) is 3.25. The molecular formula is C23H26F2N6O2. The Labute approximate surface area is 190 Å². The summed E-state index contributed by atoms with van der Waals surface area (Å²) < 4.78 is 35.6. The molecule has 10 heteroatoms. The fourth-order valence-corrected chi connectivity index (χ4v) is 6.19. The van der Waals surface area contributed by atoms with E-state index in [0.29, 0.717) is 41.1 Å². The maximum absolute atomic E-state index is 12.8. The molecule has 0 spiro atoms. The Morgan fingerprint density at radius 2 is 1.85 bits per heavy atom. The molecule has 2 atom stereocenters. The second kappa shape index (κ2) is 7.20. The number of alkyl halides is 2. The fourth-order valence-electron chi connectivity index (χ4n) is 6.19. The highest BCUT2D eigenvalue weighted by Crippen LogP contribution is 2.58. The van der Waals surface area contributed by atoms with Gasteiger partial charge in [0.05, 0.1) is 30.6 Å². The van der Waals surface area contributed by atoms with Gasteiger partial charge in [-0.25, -0.2) is 15.0 Å². The molecule has 2 aliphatic carbocycles. The summed E-state index contributed by atoms with van der Waals surface area (Å²) in [6, 6.07) is 4.58. The van der Waals surface area contributed by atoms with Crippen molar-refractivity contribution in [1.82, 2.24) is 19.9 Å². The second-order valence-corrected chi connectivity index (χ2v) is 10.1. The highest BCUT2D eigenvalue weighted by atomic mass is 19.3. The number of anilines is 2. The lowest BCUT2D eigenvalue weighted by Crippen LogP contribution is -2.48. The van der Waals surface area contributed by atoms with Crippen LogP contribution in [0, 0.1) is 17.8 Å². The summed E-state index contributed by atoms with van der Waals surface area (Å²) in [6.07, 6.45) is 3.97. The van der Waals surface area contributed by atoms with E-state index < -0.39 is 6.61 Å². The van der Waals surface area contributed by atoms with Crippen LogP contribution in [0.3, 0.4) is 0 Å². The number of likely N-dealkylation sites (tertiary alicyclic amines) is 1. The van der Waals surface area contributed by atoms with Crippen LogP contribution in [0.4, 0.5) is 20.5 Å². The standard InChI is InChI=1S/C23H26F2N6O2/c24-22(25)33-19-3-12(5-27-21(19)26)17-4-18(29-23(28-17)31-6-11-1-13(31)2-11)20-15-7-30(8-16(15)20)14-9-32-10-14/h3-5,11,13-16,20,22H,1-2,6-10H2,(H2,26,27)/t11?,13?,15-,16-/m0/s1. The van der Waals surface area contributed by atoms with Crippen LogP contribution in [0.15, 0.2) is 18.3 Å². The molecule has 2 aromatic rings. The van der Waals surface area contributed by atoms with Crippen molar-refractivity contribution in [3.63, 3.8) is 0 Å². The second-order valence-electron chi connectivity index (χ2n) is 10.1. The van der Waals surface area contributed by atoms with Crippen molar-refractivity contribution in [2.75, 3.05) is 43.5 Å². The van der Waals surface area contributed by atoms with Crippen molar-refractivity contribution in [2.45, 2.75) is 37.5 Å². The van der Waals surface area contributed by atoms with Crippen LogP contribution in [0.1, 0.15) is 24.5 Å². The fraction of sp³-hybridized carbons (Fsp3) is 0.609. The van der Waals surface area contributed by atoms with E-state index in [4.69, 9.17) is 20.4 Å². The predicted molar refractivity (Wildman–Crippen MR) is 116 cm³/mol. The number of nitrogen functional groups attached to an aromatic ring is 1. The quantitative estimate of drug-likeness (QED) is 0.709. The molecule has 2 bridgehead atoms. The SMILES string of the molecule is Nc1ncc(-c2cc(C3[C@H]4CN(C5COC5)C[C@H]34)nc(N3CC4CC3C4)n2)cc1OC(F)F. The van der Waals surface area contributed by atoms with Crippen LogP contribution in [0.5, 0.6) is 5.75 Å². The van der Waals surface area contributed by atoms with E-state index in [0.717, 1.165) is 50.4 Å². The van der Waals surface area contributed by atoms with Crippen LogP contribution in [-0.4, -0.2) is 71.4 Å². The van der Waals surface area contributed by atoms with Gasteiger partial charge in [0.1, 0.15) is 0 Å². The van der Waals surface area contributed by atoms with Crippen LogP contribution in [-0.2, 0) is 4.74 Å². The van der Waals surface area contributed by atoms with E-state index in [1.54, 1.807) is 6.20 Å². The highest BCUT2D eigenvalue weighted by Gasteiger charge is 2.58. The van der Waals surface area contributed by atoms with Gasteiger partial charge in [0, 0.05) is 43.4 Å². The smallest absolute Gasteiger partial charge is 0.387 e. The highest BCUT2D eigenvalue weighted by molar-refractivity contribution is 5.66. The number of pyridine rings is 1. The minimum Gasteiger partial charge on any atom is -0.431 e. The number of hydrogen-bond acceptors (Lipinski definition) is 8. The molecule has 0 radical (unpaired) electrons. The number of ether oxygens (including phenoxy) is 2. The first-order valence-electron chi connectivity index (χ1n) is 11.7. The average molecular weight is 456 g/mol. The minimum atomic E-state index is -2.97. The molecule has 2 saturated carbocycles. The summed E-state index contributed by atoms with van der Waals surface area (Å²) in [5.74, 6) is 2.91. The lowest BCUT2D eigenvalue weighted by atomic mass is 9.86. The van der Waals surface area contributed by atoms with Crippen molar-refractivity contribution in [3.8, 4) is 17.0 Å². The molecule has 0 unspecified atom stereocenters. The summed E-state index contributed by atoms with van der Waals surface area (Å²) in [7, 11) is 0. The molecule has 4 aliphatic heterocycles. The summed E-state index contributed by atoms with van der Waals surface area (Å²) in [5.41, 5.74) is 8.08. The van der Waals surface area contributed by atoms with Gasteiger partial charge in [-0.1, -0.05) is 0 Å². The third-order valence-electron chi connectivity index (χ3n) is 8.19. The Balaban J connectivity index is 1.21. The maximum atomic E-state index is 12.8. The molecule has 2 aromatic heterocycles. The van der Waals surface area contributed by atoms with Gasteiger partial charge in [-0.05, 0) is 42.7 Å². The molecule has 174 valence electrons. The maximum Gasteiger partial charge on any atom is 0.387 e. The molecule has 33 heavy (non-hydrogen) atoms. The number of halogens is 2. The van der Waals surface area contributed by atoms with Gasteiger partial charge in [0.25, 0.3) is 0 Å². The van der Waals surface area contributed by atoms with E-state index in [9.17, 15) is 8.78 Å². The summed E-state index contributed by atoms with van der Waals surface area (Å²) >= 11 is 0. The Kier molecular flexibility index (Phi) is 4.33. The molecule has 8 rings (SSSR count). The van der Waals surface area contributed by atoms with Gasteiger partial charge in [-0.3, -0.25) is 4.90 Å². The van der Waals surface area contributed by atoms with E-state index in [1.165, 1.54) is 18.9 Å². The molecule has 0 amide bonds. The van der Waals surface area contributed by atoms with Gasteiger partial charge >= 0.3 is 6.61 Å². The van der Waals surface area contributed by atoms with Crippen LogP contribution in [0.2, 0.25) is 0 Å². The van der Waals surface area contributed by atoms with Gasteiger partial charge in [0.2, 0.25) is 5.95 Å². The topological polar surface area (TPSA) is 89.6 Å². The van der Waals surface area contributed by atoms with Gasteiger partial charge in [0.15, 0.2) is 11.6 Å². The number of aromatic nitrogens is 3. The van der Waals surface area contributed by atoms with Gasteiger partial charge in [-0.2, -0.15) is 8.78 Å². The van der Waals surface area contributed by atoms with Gasteiger partial charge in [-0.15, -0.1) is 0 Å². The number of nitrogens with two attached hydrogens (primary N) is 1. The van der Waals surface area contributed by atoms with Crippen molar-refractivity contribution in [3.05, 3.63) is 24.0 Å². The first-order chi connectivity index (χ1) is 16.0. The van der Waals surface area contributed by atoms with Crippen molar-refractivity contribution in [2.24, 2.45) is 17.8 Å². The van der Waals surface area contributed by atoms with E-state index >= 15 is 0 Å². The van der Waals surface area contributed by atoms with Crippen molar-refractivity contribution in [1.29, 1.82) is 0 Å². The van der Waals surface area contributed by atoms with E-state index in [1.807, 2.05) is 6.07 Å². The molecule has 6 fully saturated rings.